The van der Waals surface area contributed by atoms with E-state index in [0.717, 1.165) is 12.0 Å². The number of benzene rings is 4. The molecule has 0 aromatic heterocycles. The summed E-state index contributed by atoms with van der Waals surface area (Å²) in [7, 11) is 0. The number of para-hydroxylation sites is 1. The van der Waals surface area contributed by atoms with E-state index in [2.05, 4.69) is 10.6 Å². The van der Waals surface area contributed by atoms with Gasteiger partial charge in [0.05, 0.1) is 0 Å². The molecule has 0 saturated carbocycles. The van der Waals surface area contributed by atoms with Gasteiger partial charge in [0.1, 0.15) is 0 Å². The first-order valence-electron chi connectivity index (χ1n) is 11.0. The number of amides is 3. The molecule has 5 rings (SSSR count). The summed E-state index contributed by atoms with van der Waals surface area (Å²) < 4.78 is 0. The van der Waals surface area contributed by atoms with Crippen LogP contribution in [0.15, 0.2) is 91.0 Å². The minimum absolute atomic E-state index is 0.263. The highest BCUT2D eigenvalue weighted by molar-refractivity contribution is 6.08. The number of hydrogen-bond acceptors (Lipinski definition) is 4. The molecule has 7 heteroatoms. The number of carbonyl (C=O) groups excluding carboxylic acids is 3. The van der Waals surface area contributed by atoms with Crippen LogP contribution in [0.2, 0.25) is 0 Å². The van der Waals surface area contributed by atoms with Crippen molar-refractivity contribution in [1.82, 2.24) is 5.48 Å². The van der Waals surface area contributed by atoms with Crippen LogP contribution in [0.3, 0.4) is 0 Å². The second-order valence-electron chi connectivity index (χ2n) is 8.25. The maximum atomic E-state index is 13.0. The third-order valence-corrected chi connectivity index (χ3v) is 5.79. The van der Waals surface area contributed by atoms with Crippen LogP contribution in [0.1, 0.15) is 42.2 Å². The van der Waals surface area contributed by atoms with Crippen LogP contribution in [0.5, 0.6) is 0 Å². The maximum Gasteiger partial charge on any atom is 0.274 e. The summed E-state index contributed by atoms with van der Waals surface area (Å²) in [6.45, 7) is 0. The van der Waals surface area contributed by atoms with Crippen LogP contribution in [0, 0.1) is 0 Å². The molecule has 1 aliphatic rings. The second kappa shape index (κ2) is 9.24. The summed E-state index contributed by atoms with van der Waals surface area (Å²) in [5.74, 6) is -1.21. The molecular formula is C28H21N3O4. The fraction of sp³-hybridized carbons (Fsp3) is 0.0357. The van der Waals surface area contributed by atoms with Crippen molar-refractivity contribution < 1.29 is 19.6 Å². The van der Waals surface area contributed by atoms with Crippen LogP contribution in [-0.2, 0) is 6.42 Å². The van der Waals surface area contributed by atoms with E-state index in [-0.39, 0.29) is 17.4 Å². The smallest absolute Gasteiger partial charge is 0.274 e. The Hall–Kier alpha value is -4.75. The van der Waals surface area contributed by atoms with Gasteiger partial charge in [-0.3, -0.25) is 19.6 Å². The Morgan fingerprint density at radius 3 is 1.97 bits per heavy atom. The molecule has 3 amide bonds. The number of rotatable bonds is 6. The quantitative estimate of drug-likeness (QED) is 0.213. The number of hydrogen-bond donors (Lipinski definition) is 4. The minimum Gasteiger partial charge on any atom is -0.322 e. The minimum atomic E-state index is -0.622. The van der Waals surface area contributed by atoms with E-state index >= 15 is 0 Å². The number of anilines is 2. The molecule has 1 aliphatic carbocycles. The summed E-state index contributed by atoms with van der Waals surface area (Å²) in [6.07, 6.45) is 0.914. The van der Waals surface area contributed by atoms with E-state index in [1.807, 2.05) is 30.3 Å². The van der Waals surface area contributed by atoms with Crippen molar-refractivity contribution in [1.29, 1.82) is 0 Å². The molecule has 0 saturated heterocycles. The summed E-state index contributed by atoms with van der Waals surface area (Å²) >= 11 is 0. The van der Waals surface area contributed by atoms with Crippen molar-refractivity contribution >= 4 is 29.1 Å². The second-order valence-corrected chi connectivity index (χ2v) is 8.25. The fourth-order valence-electron chi connectivity index (χ4n) is 3.84. The van der Waals surface area contributed by atoms with Crippen LogP contribution >= 0.6 is 0 Å². The van der Waals surface area contributed by atoms with E-state index in [1.54, 1.807) is 66.1 Å². The van der Waals surface area contributed by atoms with Crippen LogP contribution in [0.4, 0.5) is 11.4 Å². The van der Waals surface area contributed by atoms with Crippen LogP contribution < -0.4 is 16.1 Å². The molecule has 35 heavy (non-hydrogen) atoms. The molecule has 172 valence electrons. The molecule has 7 nitrogen and oxygen atoms in total. The first-order chi connectivity index (χ1) is 17.0. The van der Waals surface area contributed by atoms with E-state index in [1.165, 1.54) is 11.1 Å². The van der Waals surface area contributed by atoms with Gasteiger partial charge in [-0.15, -0.1) is 0 Å². The average Bonchev–Trinajstić information content (AvgIpc) is 3.68. The highest BCUT2D eigenvalue weighted by Gasteiger charge is 2.19. The molecule has 0 heterocycles. The Bertz CT molecular complexity index is 1450. The Morgan fingerprint density at radius 1 is 0.571 bits per heavy atom. The summed E-state index contributed by atoms with van der Waals surface area (Å²) in [4.78, 5) is 37.6. The van der Waals surface area contributed by atoms with Crippen molar-refractivity contribution in [3.63, 3.8) is 0 Å². The maximum absolute atomic E-state index is 13.0. The van der Waals surface area contributed by atoms with Crippen LogP contribution in [0.25, 0.3) is 11.1 Å². The third-order valence-electron chi connectivity index (χ3n) is 5.79. The van der Waals surface area contributed by atoms with Gasteiger partial charge in [0.15, 0.2) is 0 Å². The highest BCUT2D eigenvalue weighted by Crippen LogP contribution is 2.30. The predicted molar refractivity (Wildman–Crippen MR) is 133 cm³/mol. The van der Waals surface area contributed by atoms with Gasteiger partial charge in [0.2, 0.25) is 0 Å². The van der Waals surface area contributed by atoms with E-state index in [0.29, 0.717) is 28.1 Å². The lowest BCUT2D eigenvalue weighted by Gasteiger charge is -2.12. The Kier molecular flexibility index (Phi) is 5.83. The SMILES string of the molecule is O=C(NO)c1ccc(-c2cc(NC(=O)c3ccc4c(c3)C4)cc(C(=O)Nc3ccccc3)c2)cc1. The first kappa shape index (κ1) is 22.1. The molecule has 4 aromatic rings. The van der Waals surface area contributed by atoms with Gasteiger partial charge >= 0.3 is 0 Å². The van der Waals surface area contributed by atoms with Crippen LogP contribution in [-0.4, -0.2) is 22.9 Å². The number of nitrogens with one attached hydrogen (secondary N) is 3. The zero-order valence-electron chi connectivity index (χ0n) is 18.5. The highest BCUT2D eigenvalue weighted by atomic mass is 16.5. The monoisotopic (exact) mass is 463 g/mol. The van der Waals surface area contributed by atoms with Crippen molar-refractivity contribution in [3.8, 4) is 11.1 Å². The topological polar surface area (TPSA) is 108 Å². The van der Waals surface area contributed by atoms with Crippen molar-refractivity contribution in [2.24, 2.45) is 0 Å². The van der Waals surface area contributed by atoms with Gasteiger partial charge in [0, 0.05) is 28.1 Å². The van der Waals surface area contributed by atoms with Crippen molar-refractivity contribution in [3.05, 3.63) is 119 Å². The molecule has 4 N–H and O–H groups in total. The lowest BCUT2D eigenvalue weighted by atomic mass is 10.00. The molecule has 4 aromatic carbocycles. The van der Waals surface area contributed by atoms with E-state index in [4.69, 9.17) is 5.21 Å². The van der Waals surface area contributed by atoms with Crippen molar-refractivity contribution in [2.45, 2.75) is 6.42 Å². The van der Waals surface area contributed by atoms with Crippen molar-refractivity contribution in [2.75, 3.05) is 10.6 Å². The lowest BCUT2D eigenvalue weighted by molar-refractivity contribution is 0.0706. The standard InChI is InChI=1S/C28H21N3O4/c32-26(20-11-10-19-12-21(19)13-20)30-25-15-22(17-6-8-18(9-7-17)28(34)31-35)14-23(16-25)27(33)29-24-4-2-1-3-5-24/h1-11,13-16,35H,12H2,(H,29,33)(H,30,32)(H,31,34). The zero-order chi connectivity index (χ0) is 24.4. The largest absolute Gasteiger partial charge is 0.322 e. The number of hydroxylamine groups is 1. The first-order valence-corrected chi connectivity index (χ1v) is 11.0. The Morgan fingerprint density at radius 2 is 1.26 bits per heavy atom. The molecular weight excluding hydrogens is 442 g/mol. The molecule has 0 bridgehead atoms. The summed E-state index contributed by atoms with van der Waals surface area (Å²) in [5, 5.41) is 14.6. The van der Waals surface area contributed by atoms with Gasteiger partial charge in [-0.1, -0.05) is 36.4 Å². The van der Waals surface area contributed by atoms with Gasteiger partial charge in [-0.05, 0) is 83.3 Å². The Labute approximate surface area is 201 Å². The van der Waals surface area contributed by atoms with E-state index in [9.17, 15) is 14.4 Å². The molecule has 0 unspecified atom stereocenters. The fourth-order valence-corrected chi connectivity index (χ4v) is 3.84. The normalized spacial score (nSPS) is 11.2. The van der Waals surface area contributed by atoms with Gasteiger partial charge in [-0.25, -0.2) is 5.48 Å². The van der Waals surface area contributed by atoms with Gasteiger partial charge in [0.25, 0.3) is 17.7 Å². The average molecular weight is 463 g/mol. The van der Waals surface area contributed by atoms with Gasteiger partial charge in [-0.2, -0.15) is 0 Å². The molecule has 0 spiro atoms. The third kappa shape index (κ3) is 4.95. The summed E-state index contributed by atoms with van der Waals surface area (Å²) in [5.41, 5.74) is 7.75. The molecule has 0 fully saturated rings. The van der Waals surface area contributed by atoms with E-state index < -0.39 is 5.91 Å². The number of fused-ring (bicyclic) bond motifs is 1. The molecule has 0 aliphatic heterocycles. The summed E-state index contributed by atoms with van der Waals surface area (Å²) in [6, 6.07) is 26.4. The Balaban J connectivity index is 1.47. The lowest BCUT2D eigenvalue weighted by Crippen LogP contribution is -2.18. The zero-order valence-corrected chi connectivity index (χ0v) is 18.5. The molecule has 0 atom stereocenters. The van der Waals surface area contributed by atoms with Gasteiger partial charge < -0.3 is 10.6 Å². The molecule has 0 radical (unpaired) electrons. The number of carbonyl (C=O) groups is 3. The predicted octanol–water partition coefficient (Wildman–Crippen LogP) is 4.88.